The SMILES string of the molecule is O=C(NCCNC(=O)c1ccc(O[C@H]2CC[C@@H](C(=O)O)CC2)cc1)c1ccc(OCC2CC2)cc1. The quantitative estimate of drug-likeness (QED) is 0.423. The molecule has 2 fully saturated rings. The number of carboxylic acid groups (broad SMARTS) is 1. The number of hydrogen-bond acceptors (Lipinski definition) is 5. The van der Waals surface area contributed by atoms with Gasteiger partial charge >= 0.3 is 5.97 Å². The van der Waals surface area contributed by atoms with Crippen LogP contribution in [0.1, 0.15) is 59.2 Å². The van der Waals surface area contributed by atoms with E-state index < -0.39 is 5.97 Å². The first-order valence-corrected chi connectivity index (χ1v) is 12.3. The molecule has 186 valence electrons. The highest BCUT2D eigenvalue weighted by molar-refractivity contribution is 5.95. The Morgan fingerprint density at radius 2 is 1.26 bits per heavy atom. The van der Waals surface area contributed by atoms with Crippen LogP contribution < -0.4 is 20.1 Å². The molecule has 2 aromatic rings. The monoisotopic (exact) mass is 480 g/mol. The van der Waals surface area contributed by atoms with Gasteiger partial charge in [0.15, 0.2) is 0 Å². The van der Waals surface area contributed by atoms with Crippen LogP contribution in [-0.2, 0) is 4.79 Å². The van der Waals surface area contributed by atoms with Gasteiger partial charge in [0.25, 0.3) is 11.8 Å². The van der Waals surface area contributed by atoms with Crippen molar-refractivity contribution in [2.45, 2.75) is 44.6 Å². The molecule has 0 bridgehead atoms. The van der Waals surface area contributed by atoms with E-state index in [9.17, 15) is 14.4 Å². The molecule has 8 nitrogen and oxygen atoms in total. The first kappa shape index (κ1) is 24.6. The first-order valence-electron chi connectivity index (χ1n) is 12.3. The van der Waals surface area contributed by atoms with E-state index in [4.69, 9.17) is 14.6 Å². The van der Waals surface area contributed by atoms with E-state index in [0.717, 1.165) is 12.4 Å². The minimum Gasteiger partial charge on any atom is -0.493 e. The summed E-state index contributed by atoms with van der Waals surface area (Å²) in [4.78, 5) is 35.7. The van der Waals surface area contributed by atoms with E-state index in [1.807, 2.05) is 0 Å². The number of carbonyl (C=O) groups excluding carboxylic acids is 2. The fourth-order valence-corrected chi connectivity index (χ4v) is 4.06. The van der Waals surface area contributed by atoms with Crippen molar-refractivity contribution >= 4 is 17.8 Å². The van der Waals surface area contributed by atoms with Gasteiger partial charge in [-0.25, -0.2) is 0 Å². The predicted octanol–water partition coefficient (Wildman–Crippen LogP) is 3.66. The molecule has 0 atom stereocenters. The van der Waals surface area contributed by atoms with E-state index >= 15 is 0 Å². The topological polar surface area (TPSA) is 114 Å². The molecule has 0 spiro atoms. The molecule has 2 aromatic carbocycles. The molecular weight excluding hydrogens is 448 g/mol. The van der Waals surface area contributed by atoms with Crippen LogP contribution in [0.2, 0.25) is 0 Å². The lowest BCUT2D eigenvalue weighted by atomic mass is 9.87. The third-order valence-corrected chi connectivity index (χ3v) is 6.44. The summed E-state index contributed by atoms with van der Waals surface area (Å²) in [7, 11) is 0. The Kier molecular flexibility index (Phi) is 8.23. The van der Waals surface area contributed by atoms with E-state index in [0.29, 0.717) is 61.6 Å². The molecule has 2 amide bonds. The van der Waals surface area contributed by atoms with Crippen molar-refractivity contribution in [1.82, 2.24) is 10.6 Å². The minimum atomic E-state index is -0.735. The Morgan fingerprint density at radius 1 is 0.743 bits per heavy atom. The lowest BCUT2D eigenvalue weighted by Gasteiger charge is -2.26. The molecule has 0 radical (unpaired) electrons. The molecule has 0 aromatic heterocycles. The van der Waals surface area contributed by atoms with Crippen molar-refractivity contribution in [3.63, 3.8) is 0 Å². The lowest BCUT2D eigenvalue weighted by Crippen LogP contribution is -2.34. The molecule has 0 aliphatic heterocycles. The Labute approximate surface area is 205 Å². The van der Waals surface area contributed by atoms with Crippen molar-refractivity contribution in [3.05, 3.63) is 59.7 Å². The number of amides is 2. The molecule has 35 heavy (non-hydrogen) atoms. The van der Waals surface area contributed by atoms with Crippen LogP contribution in [-0.4, -0.2) is 48.7 Å². The molecule has 2 aliphatic carbocycles. The van der Waals surface area contributed by atoms with Gasteiger partial charge in [-0.15, -0.1) is 0 Å². The van der Waals surface area contributed by atoms with Crippen LogP contribution in [0.4, 0.5) is 0 Å². The summed E-state index contributed by atoms with van der Waals surface area (Å²) in [6.45, 7) is 1.35. The van der Waals surface area contributed by atoms with E-state index in [-0.39, 0.29) is 23.8 Å². The number of aliphatic carboxylic acids is 1. The van der Waals surface area contributed by atoms with Crippen LogP contribution in [0.25, 0.3) is 0 Å². The molecule has 0 saturated heterocycles. The smallest absolute Gasteiger partial charge is 0.306 e. The Balaban J connectivity index is 1.13. The maximum atomic E-state index is 12.4. The fraction of sp³-hybridized carbons (Fsp3) is 0.444. The Hall–Kier alpha value is -3.55. The summed E-state index contributed by atoms with van der Waals surface area (Å²) < 4.78 is 11.6. The van der Waals surface area contributed by atoms with Crippen molar-refractivity contribution in [3.8, 4) is 11.5 Å². The molecule has 0 heterocycles. The van der Waals surface area contributed by atoms with Gasteiger partial charge in [-0.2, -0.15) is 0 Å². The molecule has 8 heteroatoms. The Bertz CT molecular complexity index is 1010. The summed E-state index contributed by atoms with van der Waals surface area (Å²) in [5, 5.41) is 14.7. The fourth-order valence-electron chi connectivity index (χ4n) is 4.06. The van der Waals surface area contributed by atoms with Crippen molar-refractivity contribution in [2.24, 2.45) is 11.8 Å². The summed E-state index contributed by atoms with van der Waals surface area (Å²) in [6.07, 6.45) is 5.13. The van der Waals surface area contributed by atoms with Gasteiger partial charge in [0.2, 0.25) is 0 Å². The number of carbonyl (C=O) groups is 3. The second kappa shape index (κ2) is 11.7. The second-order valence-electron chi connectivity index (χ2n) is 9.24. The van der Waals surface area contributed by atoms with Gasteiger partial charge in [0.05, 0.1) is 18.6 Å². The summed E-state index contributed by atoms with van der Waals surface area (Å²) >= 11 is 0. The highest BCUT2D eigenvalue weighted by Gasteiger charge is 2.27. The number of rotatable bonds is 11. The van der Waals surface area contributed by atoms with Gasteiger partial charge in [0.1, 0.15) is 11.5 Å². The molecule has 4 rings (SSSR count). The number of carboxylic acids is 1. The van der Waals surface area contributed by atoms with Crippen molar-refractivity contribution in [1.29, 1.82) is 0 Å². The molecule has 2 aliphatic rings. The normalized spacial score (nSPS) is 19.4. The minimum absolute atomic E-state index is 0.000330. The van der Waals surface area contributed by atoms with E-state index in [1.165, 1.54) is 12.8 Å². The van der Waals surface area contributed by atoms with Gasteiger partial charge < -0.3 is 25.2 Å². The van der Waals surface area contributed by atoms with Crippen LogP contribution in [0, 0.1) is 11.8 Å². The zero-order valence-electron chi connectivity index (χ0n) is 19.7. The summed E-state index contributed by atoms with van der Waals surface area (Å²) in [5.41, 5.74) is 1.04. The summed E-state index contributed by atoms with van der Waals surface area (Å²) in [6, 6.07) is 13.9. The molecule has 2 saturated carbocycles. The molecule has 3 N–H and O–H groups in total. The van der Waals surface area contributed by atoms with Crippen molar-refractivity contribution < 1.29 is 29.0 Å². The summed E-state index contributed by atoms with van der Waals surface area (Å²) in [5.74, 6) is 0.663. The average Bonchev–Trinajstić information content (AvgIpc) is 3.71. The maximum absolute atomic E-state index is 12.4. The van der Waals surface area contributed by atoms with Gasteiger partial charge in [-0.3, -0.25) is 14.4 Å². The van der Waals surface area contributed by atoms with E-state index in [1.54, 1.807) is 48.5 Å². The highest BCUT2D eigenvalue weighted by Crippen LogP contribution is 2.30. The third kappa shape index (κ3) is 7.47. The van der Waals surface area contributed by atoms with Gasteiger partial charge in [-0.05, 0) is 93.0 Å². The third-order valence-electron chi connectivity index (χ3n) is 6.44. The Morgan fingerprint density at radius 3 is 1.74 bits per heavy atom. The lowest BCUT2D eigenvalue weighted by molar-refractivity contribution is -0.143. The zero-order chi connectivity index (χ0) is 24.6. The molecule has 0 unspecified atom stereocenters. The highest BCUT2D eigenvalue weighted by atomic mass is 16.5. The van der Waals surface area contributed by atoms with Crippen LogP contribution in [0.5, 0.6) is 11.5 Å². The number of nitrogens with one attached hydrogen (secondary N) is 2. The van der Waals surface area contributed by atoms with Crippen LogP contribution in [0.3, 0.4) is 0 Å². The number of ether oxygens (including phenoxy) is 2. The number of benzene rings is 2. The second-order valence-corrected chi connectivity index (χ2v) is 9.24. The van der Waals surface area contributed by atoms with Gasteiger partial charge in [-0.1, -0.05) is 0 Å². The predicted molar refractivity (Wildman–Crippen MR) is 130 cm³/mol. The van der Waals surface area contributed by atoms with Crippen molar-refractivity contribution in [2.75, 3.05) is 19.7 Å². The van der Waals surface area contributed by atoms with Crippen LogP contribution >= 0.6 is 0 Å². The number of hydrogen-bond donors (Lipinski definition) is 3. The zero-order valence-corrected chi connectivity index (χ0v) is 19.7. The maximum Gasteiger partial charge on any atom is 0.306 e. The van der Waals surface area contributed by atoms with Gasteiger partial charge in [0, 0.05) is 24.2 Å². The first-order chi connectivity index (χ1) is 17.0. The average molecular weight is 481 g/mol. The standard InChI is InChI=1S/C27H32N2O6/c30-25(19-3-9-22(10-4-19)34-17-18-1-2-18)28-15-16-29-26(31)20-5-11-23(12-6-20)35-24-13-7-21(8-14-24)27(32)33/h3-6,9-12,18,21,24H,1-2,7-8,13-17H2,(H,28,30)(H,29,31)(H,32,33)/t21-,24+. The largest absolute Gasteiger partial charge is 0.493 e. The van der Waals surface area contributed by atoms with Crippen LogP contribution in [0.15, 0.2) is 48.5 Å². The van der Waals surface area contributed by atoms with E-state index in [2.05, 4.69) is 10.6 Å². The molecular formula is C27H32N2O6.